The van der Waals surface area contributed by atoms with Crippen LogP contribution in [0.15, 0.2) is 84.9 Å². The summed E-state index contributed by atoms with van der Waals surface area (Å²) in [5.41, 5.74) is 3.84. The van der Waals surface area contributed by atoms with Crippen molar-refractivity contribution in [3.05, 3.63) is 102 Å². The van der Waals surface area contributed by atoms with Crippen LogP contribution < -0.4 is 9.47 Å². The number of aromatic nitrogens is 2. The quantitative estimate of drug-likeness (QED) is 0.244. The number of rotatable bonds is 13. The highest BCUT2D eigenvalue weighted by atomic mass is 16.5. The largest absolute Gasteiger partial charge is 0.497 e. The van der Waals surface area contributed by atoms with E-state index >= 15 is 0 Å². The highest BCUT2D eigenvalue weighted by Gasteiger charge is 2.24. The maximum absolute atomic E-state index is 10.8. The highest BCUT2D eigenvalue weighted by Crippen LogP contribution is 2.32. The van der Waals surface area contributed by atoms with Gasteiger partial charge in [-0.15, -0.1) is 0 Å². The summed E-state index contributed by atoms with van der Waals surface area (Å²) >= 11 is 0. The first kappa shape index (κ1) is 27.4. The van der Waals surface area contributed by atoms with Crippen LogP contribution in [0, 0.1) is 6.92 Å². The van der Waals surface area contributed by atoms with Gasteiger partial charge in [0.2, 0.25) is 5.88 Å². The molecule has 0 saturated heterocycles. The maximum atomic E-state index is 10.8. The second kappa shape index (κ2) is 13.2. The van der Waals surface area contributed by atoms with Crippen molar-refractivity contribution in [2.75, 3.05) is 20.3 Å². The summed E-state index contributed by atoms with van der Waals surface area (Å²) in [7, 11) is 1.64. The fourth-order valence-corrected chi connectivity index (χ4v) is 4.20. The Morgan fingerprint density at radius 2 is 1.53 bits per heavy atom. The van der Waals surface area contributed by atoms with Crippen molar-refractivity contribution in [1.29, 1.82) is 0 Å². The van der Waals surface area contributed by atoms with Gasteiger partial charge in [-0.1, -0.05) is 48.5 Å². The predicted octanol–water partition coefficient (Wildman–Crippen LogP) is 5.77. The minimum Gasteiger partial charge on any atom is -0.497 e. The SMILES string of the molecule is COc1ccc(Oc2c(CN(CC(O)COCc3ccccc3)C(C)C)c(C)nn2-c2ccccc2)cc1. The molecule has 1 heterocycles. The van der Waals surface area contributed by atoms with Gasteiger partial charge in [0, 0.05) is 19.1 Å². The Balaban J connectivity index is 1.53. The molecular weight excluding hydrogens is 478 g/mol. The number of methoxy groups -OCH3 is 1. The number of hydrogen-bond acceptors (Lipinski definition) is 6. The molecule has 1 unspecified atom stereocenters. The molecule has 0 spiro atoms. The topological polar surface area (TPSA) is 69.0 Å². The fourth-order valence-electron chi connectivity index (χ4n) is 4.20. The molecule has 200 valence electrons. The van der Waals surface area contributed by atoms with Crippen molar-refractivity contribution in [1.82, 2.24) is 14.7 Å². The standard InChI is InChI=1S/C31H37N3O4/c1-23(2)33(19-27(35)22-37-21-25-11-7-5-8-12-25)20-30-24(3)32-34(26-13-9-6-10-14-26)31(30)38-29-17-15-28(36-4)16-18-29/h5-18,23,27,35H,19-22H2,1-4H3. The summed E-state index contributed by atoms with van der Waals surface area (Å²) < 4.78 is 19.4. The highest BCUT2D eigenvalue weighted by molar-refractivity contribution is 5.44. The molecule has 0 aliphatic carbocycles. The lowest BCUT2D eigenvalue weighted by molar-refractivity contribution is 0.00300. The van der Waals surface area contributed by atoms with Crippen molar-refractivity contribution in [3.8, 4) is 23.1 Å². The molecule has 0 bridgehead atoms. The Hall–Kier alpha value is -3.65. The average Bonchev–Trinajstić information content (AvgIpc) is 3.24. The number of aliphatic hydroxyl groups is 1. The van der Waals surface area contributed by atoms with Gasteiger partial charge >= 0.3 is 0 Å². The molecule has 0 fully saturated rings. The van der Waals surface area contributed by atoms with Gasteiger partial charge in [0.15, 0.2) is 0 Å². The van der Waals surface area contributed by atoms with Crippen LogP contribution in [0.3, 0.4) is 0 Å². The van der Waals surface area contributed by atoms with Crippen LogP contribution in [0.1, 0.15) is 30.7 Å². The molecule has 0 amide bonds. The smallest absolute Gasteiger partial charge is 0.227 e. The molecular formula is C31H37N3O4. The number of aryl methyl sites for hydroxylation is 1. The van der Waals surface area contributed by atoms with Gasteiger partial charge < -0.3 is 19.3 Å². The van der Waals surface area contributed by atoms with Crippen molar-refractivity contribution in [2.24, 2.45) is 0 Å². The van der Waals surface area contributed by atoms with Crippen molar-refractivity contribution < 1.29 is 19.3 Å². The number of hydrogen-bond donors (Lipinski definition) is 1. The van der Waals surface area contributed by atoms with E-state index in [1.165, 1.54) is 0 Å². The minimum absolute atomic E-state index is 0.187. The second-order valence-electron chi connectivity index (χ2n) is 9.57. The van der Waals surface area contributed by atoms with Crippen LogP contribution in [-0.4, -0.2) is 52.2 Å². The summed E-state index contributed by atoms with van der Waals surface area (Å²) in [4.78, 5) is 2.22. The van der Waals surface area contributed by atoms with E-state index < -0.39 is 6.10 Å². The summed E-state index contributed by atoms with van der Waals surface area (Å²) in [5.74, 6) is 2.11. The second-order valence-corrected chi connectivity index (χ2v) is 9.57. The Labute approximate surface area is 225 Å². The third-order valence-electron chi connectivity index (χ3n) is 6.37. The third-order valence-corrected chi connectivity index (χ3v) is 6.37. The van der Waals surface area contributed by atoms with Gasteiger partial charge in [-0.05, 0) is 62.7 Å². The zero-order valence-electron chi connectivity index (χ0n) is 22.6. The van der Waals surface area contributed by atoms with Crippen LogP contribution in [0.4, 0.5) is 0 Å². The lowest BCUT2D eigenvalue weighted by Gasteiger charge is -2.29. The molecule has 7 heteroatoms. The maximum Gasteiger partial charge on any atom is 0.227 e. The third kappa shape index (κ3) is 7.22. The summed E-state index contributed by atoms with van der Waals surface area (Å²) in [6.07, 6.45) is -0.628. The molecule has 0 aliphatic rings. The van der Waals surface area contributed by atoms with Crippen molar-refractivity contribution in [3.63, 3.8) is 0 Å². The first-order valence-electron chi connectivity index (χ1n) is 12.9. The van der Waals surface area contributed by atoms with Crippen LogP contribution in [0.25, 0.3) is 5.69 Å². The van der Waals surface area contributed by atoms with Crippen molar-refractivity contribution >= 4 is 0 Å². The molecule has 1 aromatic heterocycles. The molecule has 4 aromatic rings. The van der Waals surface area contributed by atoms with E-state index in [0.29, 0.717) is 31.3 Å². The Bertz CT molecular complexity index is 1260. The Morgan fingerprint density at radius 1 is 0.895 bits per heavy atom. The van der Waals surface area contributed by atoms with E-state index in [-0.39, 0.29) is 12.6 Å². The number of ether oxygens (including phenoxy) is 3. The van der Waals surface area contributed by atoms with Gasteiger partial charge in [-0.2, -0.15) is 5.10 Å². The molecule has 3 aromatic carbocycles. The lowest BCUT2D eigenvalue weighted by atomic mass is 10.2. The number of benzene rings is 3. The van der Waals surface area contributed by atoms with Crippen molar-refractivity contribution in [2.45, 2.75) is 46.1 Å². The summed E-state index contributed by atoms with van der Waals surface area (Å²) in [5, 5.41) is 15.6. The lowest BCUT2D eigenvalue weighted by Crippen LogP contribution is -2.39. The zero-order valence-corrected chi connectivity index (χ0v) is 22.6. The van der Waals surface area contributed by atoms with Crippen LogP contribution >= 0.6 is 0 Å². The first-order chi connectivity index (χ1) is 18.4. The molecule has 7 nitrogen and oxygen atoms in total. The zero-order chi connectivity index (χ0) is 26.9. The van der Waals surface area contributed by atoms with Crippen LogP contribution in [-0.2, 0) is 17.9 Å². The number of nitrogens with zero attached hydrogens (tertiary/aromatic N) is 3. The normalized spacial score (nSPS) is 12.2. The molecule has 1 atom stereocenters. The van der Waals surface area contributed by atoms with Gasteiger partial charge in [0.25, 0.3) is 0 Å². The fraction of sp³-hybridized carbons (Fsp3) is 0.323. The van der Waals surface area contributed by atoms with Crippen LogP contribution in [0.2, 0.25) is 0 Å². The Kier molecular flexibility index (Phi) is 9.54. The van der Waals surface area contributed by atoms with E-state index in [2.05, 4.69) is 18.7 Å². The van der Waals surface area contributed by atoms with Crippen LogP contribution in [0.5, 0.6) is 17.4 Å². The minimum atomic E-state index is -0.628. The van der Waals surface area contributed by atoms with Gasteiger partial charge in [0.05, 0.1) is 43.4 Å². The molecule has 0 radical (unpaired) electrons. The number of aliphatic hydroxyl groups excluding tert-OH is 1. The van der Waals surface area contributed by atoms with E-state index in [4.69, 9.17) is 19.3 Å². The summed E-state index contributed by atoms with van der Waals surface area (Å²) in [6, 6.07) is 27.6. The molecule has 38 heavy (non-hydrogen) atoms. The van der Waals surface area contributed by atoms with Gasteiger partial charge in [-0.3, -0.25) is 4.90 Å². The molecule has 4 rings (SSSR count). The molecule has 0 aliphatic heterocycles. The monoisotopic (exact) mass is 515 g/mol. The summed E-state index contributed by atoms with van der Waals surface area (Å²) in [6.45, 7) is 8.00. The Morgan fingerprint density at radius 3 is 2.16 bits per heavy atom. The average molecular weight is 516 g/mol. The van der Waals surface area contributed by atoms with Gasteiger partial charge in [0.1, 0.15) is 11.5 Å². The molecule has 0 saturated carbocycles. The van der Waals surface area contributed by atoms with E-state index in [1.54, 1.807) is 7.11 Å². The van der Waals surface area contributed by atoms with E-state index in [0.717, 1.165) is 28.3 Å². The van der Waals surface area contributed by atoms with E-state index in [9.17, 15) is 5.11 Å². The van der Waals surface area contributed by atoms with Gasteiger partial charge in [-0.25, -0.2) is 4.68 Å². The number of para-hydroxylation sites is 1. The molecule has 1 N–H and O–H groups in total. The first-order valence-corrected chi connectivity index (χ1v) is 12.9. The predicted molar refractivity (Wildman–Crippen MR) is 149 cm³/mol. The van der Waals surface area contributed by atoms with E-state index in [1.807, 2.05) is 96.5 Å².